The molecule has 126 valence electrons. The fourth-order valence-electron chi connectivity index (χ4n) is 2.43. The molecule has 1 aromatic carbocycles. The van der Waals surface area contributed by atoms with Crippen LogP contribution in [0.15, 0.2) is 18.2 Å². The van der Waals surface area contributed by atoms with Crippen LogP contribution in [0.1, 0.15) is 39.7 Å². The molecule has 0 saturated heterocycles. The van der Waals surface area contributed by atoms with Gasteiger partial charge in [-0.2, -0.15) is 0 Å². The van der Waals surface area contributed by atoms with Gasteiger partial charge in [-0.1, -0.05) is 13.0 Å². The van der Waals surface area contributed by atoms with Gasteiger partial charge in [-0.3, -0.25) is 9.59 Å². The summed E-state index contributed by atoms with van der Waals surface area (Å²) in [4.78, 5) is 22.8. The molecule has 0 N–H and O–H groups in total. The summed E-state index contributed by atoms with van der Waals surface area (Å²) in [7, 11) is -3.17. The zero-order chi connectivity index (χ0) is 17.3. The minimum atomic E-state index is -3.17. The molecule has 1 aliphatic heterocycles. The smallest absolute Gasteiger partial charge is 0.482 e. The van der Waals surface area contributed by atoms with Crippen molar-refractivity contribution < 1.29 is 27.9 Å². The predicted octanol–water partition coefficient (Wildman–Crippen LogP) is 2.13. The van der Waals surface area contributed by atoms with Crippen LogP contribution in [0, 0.1) is 0 Å². The molecule has 0 aliphatic carbocycles. The third-order valence-corrected chi connectivity index (χ3v) is 6.48. The molecular weight excluding hydrogens is 316 g/mol. The van der Waals surface area contributed by atoms with Crippen LogP contribution in [-0.2, 0) is 29.8 Å². The van der Waals surface area contributed by atoms with Gasteiger partial charge in [-0.05, 0) is 12.1 Å². The lowest BCUT2D eigenvalue weighted by atomic mass is 10.1. The van der Waals surface area contributed by atoms with Gasteiger partial charge in [-0.15, -0.1) is 0 Å². The number of ether oxygens (including phenoxy) is 2. The van der Waals surface area contributed by atoms with Crippen LogP contribution < -0.4 is 9.92 Å². The summed E-state index contributed by atoms with van der Waals surface area (Å²) in [5, 5.41) is 0.675. The fraction of sp³-hybridized carbons (Fsp3) is 0.500. The monoisotopic (exact) mass is 338 g/mol. The number of carbonyl (C=O) groups is 2. The van der Waals surface area contributed by atoms with E-state index in [1.54, 1.807) is 18.7 Å². The van der Waals surface area contributed by atoms with Crippen LogP contribution >= 0.6 is 0 Å². The van der Waals surface area contributed by atoms with E-state index in [0.29, 0.717) is 11.8 Å². The second-order valence-corrected chi connectivity index (χ2v) is 8.71. The molecule has 0 bridgehead atoms. The Labute approximate surface area is 136 Å². The van der Waals surface area contributed by atoms with Crippen molar-refractivity contribution in [2.45, 2.75) is 53.1 Å². The molecule has 1 atom stereocenters. The van der Waals surface area contributed by atoms with Gasteiger partial charge in [0.2, 0.25) is 5.79 Å². The van der Waals surface area contributed by atoms with E-state index in [-0.39, 0.29) is 0 Å². The quantitative estimate of drug-likeness (QED) is 0.783. The van der Waals surface area contributed by atoms with Crippen molar-refractivity contribution in [3.63, 3.8) is 0 Å². The highest BCUT2D eigenvalue weighted by Crippen LogP contribution is 2.32. The summed E-state index contributed by atoms with van der Waals surface area (Å²) in [5.74, 6) is -0.874. The van der Waals surface area contributed by atoms with E-state index in [4.69, 9.17) is 18.3 Å². The Kier molecular flexibility index (Phi) is 4.81. The Balaban J connectivity index is 2.36. The van der Waals surface area contributed by atoms with Crippen molar-refractivity contribution in [1.29, 1.82) is 0 Å². The van der Waals surface area contributed by atoms with Gasteiger partial charge in [0, 0.05) is 44.5 Å². The largest absolute Gasteiger partial charge is 0.496 e. The summed E-state index contributed by atoms with van der Waals surface area (Å²) in [6, 6.07) is 5.40. The lowest BCUT2D eigenvalue weighted by Gasteiger charge is -2.35. The summed E-state index contributed by atoms with van der Waals surface area (Å²) in [5.41, 5.74) is 0.839. The summed E-state index contributed by atoms with van der Waals surface area (Å²) in [6.45, 7) is 8.53. The molecule has 0 amide bonds. The highest BCUT2D eigenvalue weighted by atomic mass is 28.4. The van der Waals surface area contributed by atoms with E-state index in [9.17, 15) is 9.59 Å². The van der Waals surface area contributed by atoms with Crippen LogP contribution in [0.5, 0.6) is 5.75 Å². The maximum absolute atomic E-state index is 11.4. The summed E-state index contributed by atoms with van der Waals surface area (Å²) < 4.78 is 22.4. The maximum Gasteiger partial charge on any atom is 0.496 e. The Morgan fingerprint density at radius 3 is 2.39 bits per heavy atom. The van der Waals surface area contributed by atoms with Gasteiger partial charge in [0.15, 0.2) is 0 Å². The van der Waals surface area contributed by atoms with E-state index < -0.39 is 26.3 Å². The Morgan fingerprint density at radius 1 is 1.26 bits per heavy atom. The van der Waals surface area contributed by atoms with Gasteiger partial charge in [0.25, 0.3) is 11.9 Å². The number of benzene rings is 1. The van der Waals surface area contributed by atoms with Gasteiger partial charge < -0.3 is 18.3 Å². The number of hydrogen-bond acceptors (Lipinski definition) is 6. The maximum atomic E-state index is 11.4. The van der Waals surface area contributed by atoms with E-state index in [2.05, 4.69) is 0 Å². The average molecular weight is 338 g/mol. The van der Waals surface area contributed by atoms with Crippen LogP contribution in [0.4, 0.5) is 0 Å². The van der Waals surface area contributed by atoms with Crippen molar-refractivity contribution in [2.75, 3.05) is 0 Å². The van der Waals surface area contributed by atoms with E-state index in [1.165, 1.54) is 13.8 Å². The molecule has 0 spiro atoms. The van der Waals surface area contributed by atoms with Gasteiger partial charge in [0.05, 0.1) is 6.61 Å². The van der Waals surface area contributed by atoms with E-state index in [0.717, 1.165) is 17.7 Å². The molecule has 0 radical (unpaired) electrons. The first kappa shape index (κ1) is 17.5. The van der Waals surface area contributed by atoms with Crippen molar-refractivity contribution in [3.8, 4) is 5.75 Å². The minimum Gasteiger partial charge on any atom is -0.482 e. The number of hydrogen-bond donors (Lipinski definition) is 0. The van der Waals surface area contributed by atoms with Crippen molar-refractivity contribution >= 4 is 25.7 Å². The molecule has 6 nitrogen and oxygen atoms in total. The van der Waals surface area contributed by atoms with E-state index >= 15 is 0 Å². The second-order valence-electron chi connectivity index (χ2n) is 5.83. The van der Waals surface area contributed by atoms with Crippen molar-refractivity contribution in [1.82, 2.24) is 0 Å². The fourth-order valence-corrected chi connectivity index (χ4v) is 4.63. The normalized spacial score (nSPS) is 20.2. The summed E-state index contributed by atoms with van der Waals surface area (Å²) >= 11 is 0. The summed E-state index contributed by atoms with van der Waals surface area (Å²) in [6.07, 6.45) is 0.724. The zero-order valence-corrected chi connectivity index (χ0v) is 15.1. The van der Waals surface area contributed by atoms with E-state index in [1.807, 2.05) is 19.9 Å². The lowest BCUT2D eigenvalue weighted by molar-refractivity contribution is -0.194. The highest BCUT2D eigenvalue weighted by molar-refractivity contribution is 6.82. The second kappa shape index (κ2) is 6.33. The van der Waals surface area contributed by atoms with Crippen LogP contribution in [0.2, 0.25) is 6.55 Å². The molecule has 1 aliphatic rings. The first-order valence-electron chi connectivity index (χ1n) is 7.53. The van der Waals surface area contributed by atoms with Gasteiger partial charge in [0.1, 0.15) is 5.75 Å². The third-order valence-electron chi connectivity index (χ3n) is 3.76. The number of carbonyl (C=O) groups excluding carboxylic acids is 2. The first-order chi connectivity index (χ1) is 10.7. The molecule has 23 heavy (non-hydrogen) atoms. The molecule has 1 aromatic rings. The standard InChI is InChI=1S/C16H22O6Si/c1-6-16(4)19-10-13-9-14(7-8-15(13)20-16)23(5,21-11(2)17)22-12(3)18/h7-9H,6,10H2,1-5H3. The highest BCUT2D eigenvalue weighted by Gasteiger charge is 2.42. The molecule has 7 heteroatoms. The number of rotatable bonds is 4. The average Bonchev–Trinajstić information content (AvgIpc) is 2.45. The molecule has 0 saturated carbocycles. The first-order valence-corrected chi connectivity index (χ1v) is 9.84. The third kappa shape index (κ3) is 3.91. The van der Waals surface area contributed by atoms with Crippen LogP contribution in [0.3, 0.4) is 0 Å². The number of fused-ring (bicyclic) bond motifs is 1. The minimum absolute atomic E-state index is 0.387. The van der Waals surface area contributed by atoms with Crippen LogP contribution in [0.25, 0.3) is 0 Å². The topological polar surface area (TPSA) is 71.1 Å². The van der Waals surface area contributed by atoms with Crippen molar-refractivity contribution in [2.24, 2.45) is 0 Å². The Hall–Kier alpha value is -1.86. The van der Waals surface area contributed by atoms with Crippen molar-refractivity contribution in [3.05, 3.63) is 23.8 Å². The Morgan fingerprint density at radius 2 is 1.87 bits per heavy atom. The zero-order valence-electron chi connectivity index (χ0n) is 14.1. The predicted molar refractivity (Wildman–Crippen MR) is 85.3 cm³/mol. The lowest BCUT2D eigenvalue weighted by Crippen LogP contribution is -2.53. The molecule has 0 aromatic heterocycles. The molecule has 1 unspecified atom stereocenters. The molecule has 0 fully saturated rings. The van der Waals surface area contributed by atoms with Gasteiger partial charge >= 0.3 is 8.56 Å². The molecular formula is C16H22O6Si. The SMILES string of the molecule is CCC1(C)OCc2cc([Si](C)(OC(C)=O)OC(C)=O)ccc2O1. The van der Waals surface area contributed by atoms with Crippen LogP contribution in [-0.4, -0.2) is 26.3 Å². The molecule has 1 heterocycles. The Bertz CT molecular complexity index is 613. The van der Waals surface area contributed by atoms with Gasteiger partial charge in [-0.25, -0.2) is 0 Å². The molecule has 2 rings (SSSR count).